The second-order valence-corrected chi connectivity index (χ2v) is 7.84. The molecule has 0 aromatic heterocycles. The molecular formula is C21H29F3N2O5. The second kappa shape index (κ2) is 10.9. The van der Waals surface area contributed by atoms with Gasteiger partial charge >= 0.3 is 12.1 Å². The van der Waals surface area contributed by atoms with Crippen LogP contribution in [0.15, 0.2) is 24.3 Å². The summed E-state index contributed by atoms with van der Waals surface area (Å²) in [6.07, 6.45) is -5.08. The van der Waals surface area contributed by atoms with Crippen LogP contribution in [0.5, 0.6) is 0 Å². The average molecular weight is 446 g/mol. The Morgan fingerprint density at radius 3 is 2.35 bits per heavy atom. The van der Waals surface area contributed by atoms with Gasteiger partial charge < -0.3 is 19.9 Å². The lowest BCUT2D eigenvalue weighted by Gasteiger charge is -2.25. The number of benzene rings is 1. The fourth-order valence-corrected chi connectivity index (χ4v) is 4.02. The lowest BCUT2D eigenvalue weighted by atomic mass is 9.94. The molecule has 0 saturated carbocycles. The molecule has 31 heavy (non-hydrogen) atoms. The van der Waals surface area contributed by atoms with E-state index in [1.165, 1.54) is 11.1 Å². The Kier molecular flexibility index (Phi) is 8.84. The van der Waals surface area contributed by atoms with Gasteiger partial charge in [-0.1, -0.05) is 24.3 Å². The zero-order valence-electron chi connectivity index (χ0n) is 17.8. The smallest absolute Gasteiger partial charge is 0.475 e. The largest absolute Gasteiger partial charge is 0.490 e. The van der Waals surface area contributed by atoms with Crippen molar-refractivity contribution in [3.8, 4) is 0 Å². The number of carbonyl (C=O) groups excluding carboxylic acids is 1. The van der Waals surface area contributed by atoms with Gasteiger partial charge in [-0.05, 0) is 25.0 Å². The Morgan fingerprint density at radius 2 is 1.81 bits per heavy atom. The van der Waals surface area contributed by atoms with Crippen molar-refractivity contribution in [2.24, 2.45) is 5.92 Å². The molecule has 2 aliphatic rings. The van der Waals surface area contributed by atoms with E-state index in [0.717, 1.165) is 13.1 Å². The lowest BCUT2D eigenvalue weighted by Crippen LogP contribution is -2.36. The molecule has 0 unspecified atom stereocenters. The number of carboxylic acid groups (broad SMARTS) is 1. The van der Waals surface area contributed by atoms with Crippen LogP contribution in [0.2, 0.25) is 0 Å². The Bertz CT molecular complexity index is 757. The molecule has 174 valence electrons. The van der Waals surface area contributed by atoms with Gasteiger partial charge in [-0.25, -0.2) is 4.79 Å². The highest BCUT2D eigenvalue weighted by molar-refractivity contribution is 5.78. The predicted molar refractivity (Wildman–Crippen MR) is 107 cm³/mol. The van der Waals surface area contributed by atoms with Crippen molar-refractivity contribution >= 4 is 11.9 Å². The van der Waals surface area contributed by atoms with Crippen LogP contribution < -0.4 is 5.32 Å². The highest BCUT2D eigenvalue weighted by Crippen LogP contribution is 2.49. The standard InChI is InChI=1S/C19H28N2O3.C2HF3O2/c1-13(2)21-10-16-14-6-4-5-7-15(14)19(17(16)11-21)20-18(22)12-24-9-8-23-3;3-2(4,5)1(6)7/h4-7,13,16-17,19H,8-12H2,1-3H3,(H,20,22);(H,6,7)/t16-,17-,19+;/m0./s1. The molecule has 0 bridgehead atoms. The van der Waals surface area contributed by atoms with Crippen molar-refractivity contribution in [2.75, 3.05) is 40.0 Å². The third-order valence-electron chi connectivity index (χ3n) is 5.51. The number of carbonyl (C=O) groups is 2. The summed E-state index contributed by atoms with van der Waals surface area (Å²) in [6.45, 7) is 7.64. The van der Waals surface area contributed by atoms with Gasteiger partial charge in [-0.15, -0.1) is 0 Å². The van der Waals surface area contributed by atoms with E-state index in [0.29, 0.717) is 31.1 Å². The van der Waals surface area contributed by atoms with Crippen LogP contribution in [-0.4, -0.2) is 74.1 Å². The van der Waals surface area contributed by atoms with Crippen molar-refractivity contribution in [3.05, 3.63) is 35.4 Å². The second-order valence-electron chi connectivity index (χ2n) is 7.84. The number of likely N-dealkylation sites (tertiary alicyclic amines) is 1. The summed E-state index contributed by atoms with van der Waals surface area (Å²) < 4.78 is 42.0. The quantitative estimate of drug-likeness (QED) is 0.626. The first-order valence-corrected chi connectivity index (χ1v) is 10.0. The van der Waals surface area contributed by atoms with Gasteiger partial charge in [0.1, 0.15) is 6.61 Å². The number of fused-ring (bicyclic) bond motifs is 3. The van der Waals surface area contributed by atoms with E-state index in [2.05, 4.69) is 48.3 Å². The molecule has 3 rings (SSSR count). The Balaban J connectivity index is 0.000000423. The molecule has 1 amide bonds. The SMILES string of the molecule is COCCOCC(=O)N[C@@H]1c2ccccc2[C@@H]2CN(C(C)C)C[C@H]12.O=C(O)C(F)(F)F. The summed E-state index contributed by atoms with van der Waals surface area (Å²) in [5, 5.41) is 10.3. The van der Waals surface area contributed by atoms with Crippen LogP contribution >= 0.6 is 0 Å². The van der Waals surface area contributed by atoms with E-state index in [-0.39, 0.29) is 18.6 Å². The highest BCUT2D eigenvalue weighted by Gasteiger charge is 2.46. The van der Waals surface area contributed by atoms with E-state index in [1.54, 1.807) is 7.11 Å². The Labute approximate surface area is 179 Å². The molecular weight excluding hydrogens is 417 g/mol. The minimum atomic E-state index is -5.08. The number of ether oxygens (including phenoxy) is 2. The van der Waals surface area contributed by atoms with E-state index in [4.69, 9.17) is 19.4 Å². The van der Waals surface area contributed by atoms with Crippen molar-refractivity contribution in [3.63, 3.8) is 0 Å². The zero-order valence-corrected chi connectivity index (χ0v) is 17.8. The maximum atomic E-state index is 12.3. The number of hydrogen-bond donors (Lipinski definition) is 2. The number of amides is 1. The molecule has 1 aromatic rings. The highest BCUT2D eigenvalue weighted by atomic mass is 19.4. The minimum Gasteiger partial charge on any atom is -0.475 e. The molecule has 0 radical (unpaired) electrons. The van der Waals surface area contributed by atoms with Gasteiger partial charge in [-0.3, -0.25) is 9.69 Å². The summed E-state index contributed by atoms with van der Waals surface area (Å²) in [4.78, 5) is 23.7. The van der Waals surface area contributed by atoms with Crippen LogP contribution in [-0.2, 0) is 19.1 Å². The summed E-state index contributed by atoms with van der Waals surface area (Å²) in [7, 11) is 1.62. The number of halogens is 3. The molecule has 10 heteroatoms. The summed E-state index contributed by atoms with van der Waals surface area (Å²) in [6, 6.07) is 9.17. The topological polar surface area (TPSA) is 88.1 Å². The van der Waals surface area contributed by atoms with Crippen LogP contribution in [0.1, 0.15) is 36.9 Å². The van der Waals surface area contributed by atoms with Crippen molar-refractivity contribution in [1.29, 1.82) is 0 Å². The van der Waals surface area contributed by atoms with Gasteiger partial charge in [0.05, 0.1) is 19.3 Å². The first kappa shape index (κ1) is 25.1. The minimum absolute atomic E-state index is 0.0467. The third kappa shape index (κ3) is 6.65. The summed E-state index contributed by atoms with van der Waals surface area (Å²) in [5.41, 5.74) is 2.68. The van der Waals surface area contributed by atoms with E-state index < -0.39 is 12.1 Å². The zero-order chi connectivity index (χ0) is 23.2. The lowest BCUT2D eigenvalue weighted by molar-refractivity contribution is -0.192. The maximum Gasteiger partial charge on any atom is 0.490 e. The average Bonchev–Trinajstić information content (AvgIpc) is 3.25. The molecule has 0 spiro atoms. The van der Waals surface area contributed by atoms with Crippen molar-refractivity contribution in [2.45, 2.75) is 38.0 Å². The molecule has 1 saturated heterocycles. The first-order chi connectivity index (χ1) is 14.6. The van der Waals surface area contributed by atoms with Gasteiger partial charge in [0.25, 0.3) is 0 Å². The molecule has 2 N–H and O–H groups in total. The molecule has 1 heterocycles. The molecule has 1 aliphatic heterocycles. The van der Waals surface area contributed by atoms with E-state index in [9.17, 15) is 18.0 Å². The summed E-state index contributed by atoms with van der Waals surface area (Å²) >= 11 is 0. The van der Waals surface area contributed by atoms with E-state index >= 15 is 0 Å². The first-order valence-electron chi connectivity index (χ1n) is 10.0. The molecule has 3 atom stereocenters. The van der Waals surface area contributed by atoms with Gasteiger partial charge in [-0.2, -0.15) is 13.2 Å². The van der Waals surface area contributed by atoms with Gasteiger partial charge in [0.15, 0.2) is 0 Å². The fraction of sp³-hybridized carbons (Fsp3) is 0.619. The Morgan fingerprint density at radius 1 is 1.19 bits per heavy atom. The predicted octanol–water partition coefficient (Wildman–Crippen LogP) is 2.58. The third-order valence-corrected chi connectivity index (χ3v) is 5.51. The molecule has 1 aromatic carbocycles. The number of rotatable bonds is 7. The van der Waals surface area contributed by atoms with Crippen LogP contribution in [0.3, 0.4) is 0 Å². The van der Waals surface area contributed by atoms with Gasteiger partial charge in [0.2, 0.25) is 5.91 Å². The number of aliphatic carboxylic acids is 1. The maximum absolute atomic E-state index is 12.3. The van der Waals surface area contributed by atoms with Gasteiger partial charge in [0, 0.05) is 38.1 Å². The number of carboxylic acids is 1. The fourth-order valence-electron chi connectivity index (χ4n) is 4.02. The Hall–Kier alpha value is -2.17. The number of nitrogens with one attached hydrogen (secondary N) is 1. The van der Waals surface area contributed by atoms with Crippen molar-refractivity contribution < 1.29 is 37.3 Å². The molecule has 1 aliphatic carbocycles. The van der Waals surface area contributed by atoms with Crippen LogP contribution in [0.4, 0.5) is 13.2 Å². The summed E-state index contributed by atoms with van der Waals surface area (Å²) in [5.74, 6) is -1.84. The molecule has 7 nitrogen and oxygen atoms in total. The van der Waals surface area contributed by atoms with Crippen LogP contribution in [0.25, 0.3) is 0 Å². The van der Waals surface area contributed by atoms with E-state index in [1.807, 2.05) is 0 Å². The normalized spacial score (nSPS) is 22.5. The number of methoxy groups -OCH3 is 1. The van der Waals surface area contributed by atoms with Crippen molar-refractivity contribution in [1.82, 2.24) is 10.2 Å². The monoisotopic (exact) mass is 446 g/mol. The number of hydrogen-bond acceptors (Lipinski definition) is 5. The number of alkyl halides is 3. The van der Waals surface area contributed by atoms with Crippen LogP contribution in [0, 0.1) is 5.92 Å². The number of nitrogens with zero attached hydrogens (tertiary/aromatic N) is 1. The molecule has 1 fully saturated rings.